The molecule has 3 aromatic carbocycles. The second kappa shape index (κ2) is 12.7. The first-order valence-corrected chi connectivity index (χ1v) is 15.3. The number of nitrogens with zero attached hydrogens (tertiary/aromatic N) is 2. The van der Waals surface area contributed by atoms with Crippen LogP contribution in [-0.4, -0.2) is 80.4 Å². The topological polar surface area (TPSA) is 147 Å². The van der Waals surface area contributed by atoms with Crippen molar-refractivity contribution in [3.8, 4) is 17.2 Å². The van der Waals surface area contributed by atoms with Crippen molar-refractivity contribution < 1.29 is 41.7 Å². The average Bonchev–Trinajstić information content (AvgIpc) is 3.47. The Bertz CT molecular complexity index is 1650. The van der Waals surface area contributed by atoms with Gasteiger partial charge in [0.1, 0.15) is 11.9 Å². The van der Waals surface area contributed by atoms with E-state index in [2.05, 4.69) is 10.6 Å². The van der Waals surface area contributed by atoms with Crippen molar-refractivity contribution >= 4 is 33.3 Å². The van der Waals surface area contributed by atoms with Crippen molar-refractivity contribution in [2.75, 3.05) is 44.2 Å². The van der Waals surface area contributed by atoms with E-state index in [-0.39, 0.29) is 48.4 Å². The SMILES string of the molecule is C[C@H]1CN([C@@H](C)CO)C(=O)c2cccc(NC(=O)Nc3ccc4c(c3)OCO4)c2O[C@H]1CN(C)S(=O)(=O)c1ccc(F)cc1. The first-order chi connectivity index (χ1) is 21.0. The van der Waals surface area contributed by atoms with Crippen LogP contribution >= 0.6 is 0 Å². The molecular weight excluding hydrogens is 595 g/mol. The number of carbonyl (C=O) groups excluding carboxylic acids is 2. The summed E-state index contributed by atoms with van der Waals surface area (Å²) >= 11 is 0. The number of carbonyl (C=O) groups is 2. The minimum atomic E-state index is -4.02. The molecule has 3 N–H and O–H groups in total. The standard InChI is InChI=1S/C30H33FN4O8S/c1-18-14-35(19(2)16-36)29(37)23-5-4-6-24(33-30(38)32-21-9-12-25-26(13-21)42-17-41-25)28(23)43-27(18)15-34(3)44(39,40)22-10-7-20(31)8-11-22/h4-13,18-19,27,36H,14-17H2,1-3H3,(H2,32,33,38)/t18-,19-,27-/m0/s1. The predicted molar refractivity (Wildman–Crippen MR) is 159 cm³/mol. The summed E-state index contributed by atoms with van der Waals surface area (Å²) < 4.78 is 58.3. The van der Waals surface area contributed by atoms with Gasteiger partial charge in [0.05, 0.1) is 35.3 Å². The highest BCUT2D eigenvalue weighted by atomic mass is 32.2. The number of halogens is 1. The molecule has 0 saturated heterocycles. The summed E-state index contributed by atoms with van der Waals surface area (Å²) in [5.41, 5.74) is 0.741. The van der Waals surface area contributed by atoms with E-state index < -0.39 is 45.8 Å². The molecule has 5 rings (SSSR count). The van der Waals surface area contributed by atoms with Crippen LogP contribution in [0.25, 0.3) is 0 Å². The Kier molecular flexibility index (Phi) is 8.95. The molecule has 0 fully saturated rings. The van der Waals surface area contributed by atoms with Crippen LogP contribution in [0, 0.1) is 11.7 Å². The zero-order valence-electron chi connectivity index (χ0n) is 24.3. The van der Waals surface area contributed by atoms with E-state index in [0.29, 0.717) is 17.2 Å². The molecule has 0 saturated carbocycles. The Hall–Kier alpha value is -4.40. The zero-order valence-corrected chi connectivity index (χ0v) is 25.1. The van der Waals surface area contributed by atoms with Crippen LogP contribution in [0.1, 0.15) is 24.2 Å². The molecule has 2 aliphatic heterocycles. The molecule has 3 amide bonds. The largest absolute Gasteiger partial charge is 0.486 e. The minimum absolute atomic E-state index is 0.0533. The minimum Gasteiger partial charge on any atom is -0.486 e. The molecule has 3 aromatic rings. The zero-order chi connectivity index (χ0) is 31.6. The fourth-order valence-corrected chi connectivity index (χ4v) is 6.14. The number of rotatable bonds is 8. The van der Waals surface area contributed by atoms with Gasteiger partial charge in [0.2, 0.25) is 16.8 Å². The number of amides is 3. The van der Waals surface area contributed by atoms with Gasteiger partial charge in [-0.25, -0.2) is 17.6 Å². The maximum absolute atomic E-state index is 13.7. The van der Waals surface area contributed by atoms with E-state index in [1.165, 1.54) is 24.1 Å². The highest BCUT2D eigenvalue weighted by Crippen LogP contribution is 2.36. The number of aliphatic hydroxyl groups excluding tert-OH is 1. The molecule has 14 heteroatoms. The fraction of sp³-hybridized carbons (Fsp3) is 0.333. The number of anilines is 2. The number of hydrogen-bond donors (Lipinski definition) is 3. The van der Waals surface area contributed by atoms with E-state index >= 15 is 0 Å². The number of hydrogen-bond acceptors (Lipinski definition) is 8. The lowest BCUT2D eigenvalue weighted by atomic mass is 9.99. The molecule has 0 unspecified atom stereocenters. The third kappa shape index (κ3) is 6.42. The fourth-order valence-electron chi connectivity index (χ4n) is 4.96. The Morgan fingerprint density at radius 2 is 1.84 bits per heavy atom. The number of urea groups is 1. The molecule has 0 radical (unpaired) electrons. The lowest BCUT2D eigenvalue weighted by Gasteiger charge is -2.38. The van der Waals surface area contributed by atoms with Gasteiger partial charge in [-0.05, 0) is 55.5 Å². The van der Waals surface area contributed by atoms with Gasteiger partial charge in [-0.15, -0.1) is 0 Å². The molecule has 3 atom stereocenters. The summed E-state index contributed by atoms with van der Waals surface area (Å²) in [7, 11) is -2.64. The molecule has 2 aliphatic rings. The van der Waals surface area contributed by atoms with Gasteiger partial charge in [-0.1, -0.05) is 13.0 Å². The predicted octanol–water partition coefficient (Wildman–Crippen LogP) is 3.74. The van der Waals surface area contributed by atoms with Crippen LogP contribution < -0.4 is 24.8 Å². The van der Waals surface area contributed by atoms with Gasteiger partial charge < -0.3 is 34.9 Å². The molecule has 0 bridgehead atoms. The maximum atomic E-state index is 13.7. The second-order valence-electron chi connectivity index (χ2n) is 10.7. The number of sulfonamides is 1. The summed E-state index contributed by atoms with van der Waals surface area (Å²) in [6.45, 7) is 3.33. The number of nitrogens with one attached hydrogen (secondary N) is 2. The molecular formula is C30H33FN4O8S. The number of para-hydroxylation sites is 1. The molecule has 2 heterocycles. The van der Waals surface area contributed by atoms with E-state index in [4.69, 9.17) is 14.2 Å². The van der Waals surface area contributed by atoms with Crippen LogP contribution in [0.3, 0.4) is 0 Å². The quantitative estimate of drug-likeness (QED) is 0.342. The van der Waals surface area contributed by atoms with Gasteiger partial charge in [0.25, 0.3) is 5.91 Å². The first-order valence-electron chi connectivity index (χ1n) is 13.9. The van der Waals surface area contributed by atoms with Crippen LogP contribution in [0.15, 0.2) is 65.6 Å². The van der Waals surface area contributed by atoms with Gasteiger partial charge in [-0.3, -0.25) is 4.79 Å². The number of benzene rings is 3. The number of ether oxygens (including phenoxy) is 3. The second-order valence-corrected chi connectivity index (χ2v) is 12.7. The summed E-state index contributed by atoms with van der Waals surface area (Å²) in [4.78, 5) is 28.2. The van der Waals surface area contributed by atoms with Crippen LogP contribution in [0.4, 0.5) is 20.6 Å². The molecule has 44 heavy (non-hydrogen) atoms. The van der Waals surface area contributed by atoms with Crippen molar-refractivity contribution in [1.29, 1.82) is 0 Å². The number of fused-ring (bicyclic) bond motifs is 2. The number of likely N-dealkylation sites (N-methyl/N-ethyl adjacent to an activating group) is 1. The summed E-state index contributed by atoms with van der Waals surface area (Å²) in [6, 6.07) is 12.9. The summed E-state index contributed by atoms with van der Waals surface area (Å²) in [5.74, 6) is -0.304. The lowest BCUT2D eigenvalue weighted by molar-refractivity contribution is 0.0389. The van der Waals surface area contributed by atoms with Crippen LogP contribution in [0.5, 0.6) is 17.2 Å². The Morgan fingerprint density at radius 1 is 1.11 bits per heavy atom. The third-order valence-electron chi connectivity index (χ3n) is 7.53. The van der Waals surface area contributed by atoms with Crippen LogP contribution in [0.2, 0.25) is 0 Å². The summed E-state index contributed by atoms with van der Waals surface area (Å²) in [6.07, 6.45) is -0.796. The van der Waals surface area contributed by atoms with Crippen molar-refractivity contribution in [3.63, 3.8) is 0 Å². The van der Waals surface area contributed by atoms with Crippen molar-refractivity contribution in [2.45, 2.75) is 30.9 Å². The molecule has 0 spiro atoms. The molecule has 234 valence electrons. The van der Waals surface area contributed by atoms with E-state index in [1.807, 2.05) is 0 Å². The highest BCUT2D eigenvalue weighted by Gasteiger charge is 2.36. The van der Waals surface area contributed by atoms with Gasteiger partial charge in [-0.2, -0.15) is 4.31 Å². The van der Waals surface area contributed by atoms with Crippen molar-refractivity contribution in [2.24, 2.45) is 5.92 Å². The lowest BCUT2D eigenvalue weighted by Crippen LogP contribution is -2.50. The highest BCUT2D eigenvalue weighted by molar-refractivity contribution is 7.89. The first kappa shape index (κ1) is 31.0. The van der Waals surface area contributed by atoms with Crippen molar-refractivity contribution in [3.05, 3.63) is 72.0 Å². The average molecular weight is 629 g/mol. The molecule has 12 nitrogen and oxygen atoms in total. The maximum Gasteiger partial charge on any atom is 0.323 e. The summed E-state index contributed by atoms with van der Waals surface area (Å²) in [5, 5.41) is 15.4. The normalized spacial score (nSPS) is 18.6. The third-order valence-corrected chi connectivity index (χ3v) is 9.37. The van der Waals surface area contributed by atoms with Crippen molar-refractivity contribution in [1.82, 2.24) is 9.21 Å². The smallest absolute Gasteiger partial charge is 0.323 e. The van der Waals surface area contributed by atoms with Gasteiger partial charge in [0, 0.05) is 31.3 Å². The Labute approximate surface area is 254 Å². The van der Waals surface area contributed by atoms with Crippen LogP contribution in [-0.2, 0) is 10.0 Å². The molecule has 0 aliphatic carbocycles. The molecule has 0 aromatic heterocycles. The van der Waals surface area contributed by atoms with Gasteiger partial charge >= 0.3 is 6.03 Å². The Balaban J connectivity index is 1.45. The Morgan fingerprint density at radius 3 is 2.57 bits per heavy atom. The van der Waals surface area contributed by atoms with E-state index in [0.717, 1.165) is 16.4 Å². The van der Waals surface area contributed by atoms with E-state index in [9.17, 15) is 27.5 Å². The van der Waals surface area contributed by atoms with Gasteiger partial charge in [0.15, 0.2) is 17.2 Å². The van der Waals surface area contributed by atoms with E-state index in [1.54, 1.807) is 50.2 Å². The number of aliphatic hydroxyl groups is 1. The monoisotopic (exact) mass is 628 g/mol.